The largest absolute Gasteiger partial charge is 0.360 e. The van der Waals surface area contributed by atoms with Gasteiger partial charge in [-0.3, -0.25) is 0 Å². The minimum Gasteiger partial charge on any atom is -0.360 e. The number of hydrogen-bond donors (Lipinski definition) is 0. The van der Waals surface area contributed by atoms with Gasteiger partial charge in [0.2, 0.25) is 0 Å². The normalized spacial score (nSPS) is 11.9. The fraction of sp³-hybridized carbons (Fsp3) is 0.400. The Hall–Kier alpha value is -0.983. The molecule has 3 nitrogen and oxygen atoms in total. The molecule has 0 radical (unpaired) electrons. The van der Waals surface area contributed by atoms with Crippen LogP contribution in [0.25, 0.3) is 11.3 Å². The fourth-order valence-electron chi connectivity index (χ4n) is 1.80. The van der Waals surface area contributed by atoms with Gasteiger partial charge in [0.15, 0.2) is 0 Å². The lowest BCUT2D eigenvalue weighted by atomic mass is 10.1. The standard InChI is InChI=1S/C15H20BrFN2OSi/c1-21(2,3)9-8-20-11-19-10-14(16)15(18-19)12-4-6-13(17)7-5-12/h4-7,10H,8-9,11H2,1-3H3. The first kappa shape index (κ1) is 16.4. The summed E-state index contributed by atoms with van der Waals surface area (Å²) < 4.78 is 21.3. The lowest BCUT2D eigenvalue weighted by molar-refractivity contribution is 0.0787. The summed E-state index contributed by atoms with van der Waals surface area (Å²) in [7, 11) is -1.06. The van der Waals surface area contributed by atoms with Crippen LogP contribution in [0.15, 0.2) is 34.9 Å². The van der Waals surface area contributed by atoms with Crippen molar-refractivity contribution in [3.05, 3.63) is 40.8 Å². The number of halogens is 2. The Morgan fingerprint density at radius 3 is 2.52 bits per heavy atom. The molecule has 0 aliphatic heterocycles. The van der Waals surface area contributed by atoms with Crippen molar-refractivity contribution in [2.45, 2.75) is 32.4 Å². The van der Waals surface area contributed by atoms with Crippen LogP contribution in [0.5, 0.6) is 0 Å². The zero-order valence-electron chi connectivity index (χ0n) is 12.6. The van der Waals surface area contributed by atoms with Crippen LogP contribution in [0.2, 0.25) is 25.7 Å². The third kappa shape index (κ3) is 5.05. The first-order chi connectivity index (χ1) is 9.85. The summed E-state index contributed by atoms with van der Waals surface area (Å²) in [6.07, 6.45) is 1.88. The third-order valence-corrected chi connectivity index (χ3v) is 5.34. The van der Waals surface area contributed by atoms with Gasteiger partial charge in [0.25, 0.3) is 0 Å². The van der Waals surface area contributed by atoms with Gasteiger partial charge in [0.05, 0.1) is 4.47 Å². The average Bonchev–Trinajstić information content (AvgIpc) is 2.76. The van der Waals surface area contributed by atoms with Crippen LogP contribution in [0, 0.1) is 5.82 Å². The number of nitrogens with zero attached hydrogens (tertiary/aromatic N) is 2. The molecule has 0 spiro atoms. The zero-order valence-corrected chi connectivity index (χ0v) is 15.2. The van der Waals surface area contributed by atoms with Gasteiger partial charge in [0.1, 0.15) is 18.2 Å². The van der Waals surface area contributed by atoms with Crippen molar-refractivity contribution in [2.24, 2.45) is 0 Å². The highest BCUT2D eigenvalue weighted by molar-refractivity contribution is 9.10. The maximum absolute atomic E-state index is 13.0. The van der Waals surface area contributed by atoms with E-state index in [4.69, 9.17) is 4.74 Å². The van der Waals surface area contributed by atoms with E-state index >= 15 is 0 Å². The van der Waals surface area contributed by atoms with Crippen LogP contribution in [0.4, 0.5) is 4.39 Å². The van der Waals surface area contributed by atoms with Crippen LogP contribution in [-0.2, 0) is 11.5 Å². The Bertz CT molecular complexity index is 593. The van der Waals surface area contributed by atoms with Crippen LogP contribution in [-0.4, -0.2) is 24.5 Å². The van der Waals surface area contributed by atoms with Crippen LogP contribution >= 0.6 is 15.9 Å². The molecule has 0 bridgehead atoms. The first-order valence-electron chi connectivity index (χ1n) is 6.92. The van der Waals surface area contributed by atoms with E-state index in [1.165, 1.54) is 12.1 Å². The molecule has 0 atom stereocenters. The molecule has 0 saturated carbocycles. The van der Waals surface area contributed by atoms with E-state index in [-0.39, 0.29) is 5.82 Å². The summed E-state index contributed by atoms with van der Waals surface area (Å²) in [5.74, 6) is -0.246. The molecule has 0 fully saturated rings. The Morgan fingerprint density at radius 2 is 1.90 bits per heavy atom. The Labute approximate surface area is 134 Å². The summed E-state index contributed by atoms with van der Waals surface area (Å²) in [5, 5.41) is 4.48. The predicted molar refractivity (Wildman–Crippen MR) is 89.4 cm³/mol. The van der Waals surface area contributed by atoms with Gasteiger partial charge >= 0.3 is 0 Å². The van der Waals surface area contributed by atoms with E-state index in [1.54, 1.807) is 16.8 Å². The molecule has 0 amide bonds. The van der Waals surface area contributed by atoms with E-state index in [2.05, 4.69) is 40.7 Å². The van der Waals surface area contributed by atoms with Gasteiger partial charge in [-0.2, -0.15) is 5.10 Å². The number of ether oxygens (including phenoxy) is 1. The highest BCUT2D eigenvalue weighted by Crippen LogP contribution is 2.26. The summed E-state index contributed by atoms with van der Waals surface area (Å²) in [5.41, 5.74) is 1.67. The Balaban J connectivity index is 1.97. The molecule has 6 heteroatoms. The highest BCUT2D eigenvalue weighted by Gasteiger charge is 2.13. The van der Waals surface area contributed by atoms with Crippen molar-refractivity contribution in [3.8, 4) is 11.3 Å². The summed E-state index contributed by atoms with van der Waals surface area (Å²) in [6.45, 7) is 8.18. The molecule has 0 aliphatic rings. The second kappa shape index (κ2) is 6.85. The second-order valence-corrected chi connectivity index (χ2v) is 12.7. The molecule has 0 unspecified atom stereocenters. The average molecular weight is 371 g/mol. The molecule has 0 saturated heterocycles. The fourth-order valence-corrected chi connectivity index (χ4v) is 3.10. The van der Waals surface area contributed by atoms with Crippen molar-refractivity contribution in [1.82, 2.24) is 9.78 Å². The van der Waals surface area contributed by atoms with Crippen molar-refractivity contribution < 1.29 is 9.13 Å². The van der Waals surface area contributed by atoms with Gasteiger partial charge in [-0.05, 0) is 46.2 Å². The number of aromatic nitrogens is 2. The van der Waals surface area contributed by atoms with Crippen molar-refractivity contribution in [2.75, 3.05) is 6.61 Å². The van der Waals surface area contributed by atoms with E-state index < -0.39 is 8.07 Å². The summed E-state index contributed by atoms with van der Waals surface area (Å²) in [4.78, 5) is 0. The molecule has 1 heterocycles. The van der Waals surface area contributed by atoms with Gasteiger partial charge in [0, 0.05) is 26.4 Å². The SMILES string of the molecule is C[Si](C)(C)CCOCn1cc(Br)c(-c2ccc(F)cc2)n1. The lowest BCUT2D eigenvalue weighted by Gasteiger charge is -2.15. The van der Waals surface area contributed by atoms with Gasteiger partial charge < -0.3 is 4.74 Å². The van der Waals surface area contributed by atoms with E-state index in [9.17, 15) is 4.39 Å². The van der Waals surface area contributed by atoms with Crippen molar-refractivity contribution in [1.29, 1.82) is 0 Å². The molecule has 114 valence electrons. The Kier molecular flexibility index (Phi) is 5.35. The van der Waals surface area contributed by atoms with E-state index in [1.807, 2.05) is 6.20 Å². The van der Waals surface area contributed by atoms with Crippen LogP contribution in [0.3, 0.4) is 0 Å². The highest BCUT2D eigenvalue weighted by atomic mass is 79.9. The number of benzene rings is 1. The minimum absolute atomic E-state index is 0.246. The summed E-state index contributed by atoms with van der Waals surface area (Å²) >= 11 is 3.49. The van der Waals surface area contributed by atoms with Crippen molar-refractivity contribution in [3.63, 3.8) is 0 Å². The molecular formula is C15H20BrFN2OSi. The predicted octanol–water partition coefficient (Wildman–Crippen LogP) is 4.76. The van der Waals surface area contributed by atoms with Gasteiger partial charge in [-0.25, -0.2) is 9.07 Å². The molecule has 2 rings (SSSR count). The van der Waals surface area contributed by atoms with E-state index in [0.29, 0.717) is 6.73 Å². The quantitative estimate of drug-likeness (QED) is 0.541. The lowest BCUT2D eigenvalue weighted by Crippen LogP contribution is -2.22. The molecular weight excluding hydrogens is 351 g/mol. The molecule has 1 aromatic heterocycles. The van der Waals surface area contributed by atoms with Crippen molar-refractivity contribution >= 4 is 24.0 Å². The van der Waals surface area contributed by atoms with E-state index in [0.717, 1.165) is 28.4 Å². The van der Waals surface area contributed by atoms with Gasteiger partial charge in [-0.15, -0.1) is 0 Å². The molecule has 2 aromatic rings. The monoisotopic (exact) mass is 370 g/mol. The maximum atomic E-state index is 13.0. The van der Waals surface area contributed by atoms with Crippen LogP contribution < -0.4 is 0 Å². The van der Waals surface area contributed by atoms with Gasteiger partial charge in [-0.1, -0.05) is 19.6 Å². The first-order valence-corrected chi connectivity index (χ1v) is 11.4. The van der Waals surface area contributed by atoms with Crippen LogP contribution in [0.1, 0.15) is 0 Å². The topological polar surface area (TPSA) is 27.1 Å². The zero-order chi connectivity index (χ0) is 15.5. The maximum Gasteiger partial charge on any atom is 0.139 e. The smallest absolute Gasteiger partial charge is 0.139 e. The molecule has 0 aliphatic carbocycles. The summed E-state index contributed by atoms with van der Waals surface area (Å²) in [6, 6.07) is 7.45. The number of hydrogen-bond acceptors (Lipinski definition) is 2. The molecule has 21 heavy (non-hydrogen) atoms. The second-order valence-electron chi connectivity index (χ2n) is 6.22. The minimum atomic E-state index is -1.06. The molecule has 0 N–H and O–H groups in total. The third-order valence-electron chi connectivity index (χ3n) is 3.05. The molecule has 1 aromatic carbocycles. The Morgan fingerprint density at radius 1 is 1.24 bits per heavy atom. The number of rotatable bonds is 6.